The second kappa shape index (κ2) is 6.78. The molecule has 1 atom stereocenters. The van der Waals surface area contributed by atoms with Crippen LogP contribution in [0.5, 0.6) is 0 Å². The van der Waals surface area contributed by atoms with Gasteiger partial charge in [-0.15, -0.1) is 0 Å². The Kier molecular flexibility index (Phi) is 4.81. The fourth-order valence-electron chi connectivity index (χ4n) is 2.13. The van der Waals surface area contributed by atoms with E-state index in [-0.39, 0.29) is 11.5 Å². The summed E-state index contributed by atoms with van der Waals surface area (Å²) in [5, 5.41) is 10.5. The fourth-order valence-corrected chi connectivity index (χ4v) is 2.13. The predicted octanol–water partition coefficient (Wildman–Crippen LogP) is 2.66. The average molecular weight is 289 g/mol. The predicted molar refractivity (Wildman–Crippen MR) is 75.5 cm³/mol. The molecule has 21 heavy (non-hydrogen) atoms. The summed E-state index contributed by atoms with van der Waals surface area (Å²) in [5.41, 5.74) is 0.634. The van der Waals surface area contributed by atoms with Crippen LogP contribution < -0.4 is 0 Å². The van der Waals surface area contributed by atoms with E-state index in [1.165, 1.54) is 36.4 Å². The third-order valence-corrected chi connectivity index (χ3v) is 3.27. The molecule has 0 saturated heterocycles. The van der Waals surface area contributed by atoms with Gasteiger partial charge in [0.25, 0.3) is 5.69 Å². The van der Waals surface area contributed by atoms with E-state index in [4.69, 9.17) is 4.74 Å². The number of carbonyl (C=O) groups excluding carboxylic acids is 2. The molecule has 1 unspecified atom stereocenters. The number of rotatable bonds is 4. The summed E-state index contributed by atoms with van der Waals surface area (Å²) in [6.45, 7) is 0. The summed E-state index contributed by atoms with van der Waals surface area (Å²) >= 11 is 0. The molecule has 6 nitrogen and oxygen atoms in total. The Bertz CT molecular complexity index is 576. The second-order valence-corrected chi connectivity index (χ2v) is 4.82. The number of ketones is 1. The molecule has 0 heterocycles. The summed E-state index contributed by atoms with van der Waals surface area (Å²) < 4.78 is 5.10. The number of carbonyl (C=O) groups is 2. The number of esters is 1. The van der Waals surface area contributed by atoms with E-state index >= 15 is 0 Å². The SMILES string of the molecule is O=C(/C=C/c1ccc([N+](=O)[O-])cc1)OC1CCCCC1=O. The van der Waals surface area contributed by atoms with Crippen LogP contribution in [0.2, 0.25) is 0 Å². The van der Waals surface area contributed by atoms with Crippen molar-refractivity contribution in [1.82, 2.24) is 0 Å². The number of Topliss-reactive ketones (excluding diaryl/α,β-unsaturated/α-hetero) is 1. The van der Waals surface area contributed by atoms with Crippen molar-refractivity contribution in [2.24, 2.45) is 0 Å². The minimum absolute atomic E-state index is 0.0115. The fraction of sp³-hybridized carbons (Fsp3) is 0.333. The Balaban J connectivity index is 1.92. The van der Waals surface area contributed by atoms with Crippen molar-refractivity contribution in [2.75, 3.05) is 0 Å². The van der Waals surface area contributed by atoms with Gasteiger partial charge in [0.1, 0.15) is 0 Å². The van der Waals surface area contributed by atoms with Crippen LogP contribution in [0.1, 0.15) is 31.2 Å². The minimum atomic E-state index is -0.632. The van der Waals surface area contributed by atoms with Crippen LogP contribution in [0.3, 0.4) is 0 Å². The lowest BCUT2D eigenvalue weighted by atomic mass is 9.96. The molecule has 0 radical (unpaired) electrons. The van der Waals surface area contributed by atoms with E-state index in [0.29, 0.717) is 18.4 Å². The van der Waals surface area contributed by atoms with Gasteiger partial charge in [-0.1, -0.05) is 0 Å². The Hall–Kier alpha value is -2.50. The molecule has 0 N–H and O–H groups in total. The van der Waals surface area contributed by atoms with Crippen LogP contribution in [0.4, 0.5) is 5.69 Å². The second-order valence-electron chi connectivity index (χ2n) is 4.82. The standard InChI is InChI=1S/C15H15NO5/c17-13-3-1-2-4-14(13)21-15(18)10-7-11-5-8-12(9-6-11)16(19)20/h5-10,14H,1-4H2/b10-7+. The summed E-state index contributed by atoms with van der Waals surface area (Å²) in [7, 11) is 0. The lowest BCUT2D eigenvalue weighted by molar-refractivity contribution is -0.384. The van der Waals surface area contributed by atoms with Gasteiger partial charge in [0, 0.05) is 24.6 Å². The molecule has 6 heteroatoms. The third kappa shape index (κ3) is 4.24. The molecule has 1 aromatic carbocycles. The Morgan fingerprint density at radius 1 is 1.29 bits per heavy atom. The first-order valence-corrected chi connectivity index (χ1v) is 6.72. The average Bonchev–Trinajstić information content (AvgIpc) is 2.48. The molecular weight excluding hydrogens is 274 g/mol. The first-order chi connectivity index (χ1) is 10.1. The van der Waals surface area contributed by atoms with Crippen LogP contribution in [-0.2, 0) is 14.3 Å². The number of benzene rings is 1. The van der Waals surface area contributed by atoms with Gasteiger partial charge in [0.05, 0.1) is 4.92 Å². The minimum Gasteiger partial charge on any atom is -0.451 e. The number of nitro benzene ring substituents is 1. The first kappa shape index (κ1) is 14.9. The summed E-state index contributed by atoms with van der Waals surface area (Å²) in [4.78, 5) is 33.2. The van der Waals surface area contributed by atoms with Crippen LogP contribution in [0.25, 0.3) is 6.08 Å². The largest absolute Gasteiger partial charge is 0.451 e. The molecule has 1 fully saturated rings. The molecule has 110 valence electrons. The number of ether oxygens (including phenoxy) is 1. The smallest absolute Gasteiger partial charge is 0.331 e. The van der Waals surface area contributed by atoms with E-state index in [0.717, 1.165) is 12.8 Å². The van der Waals surface area contributed by atoms with E-state index in [2.05, 4.69) is 0 Å². The van der Waals surface area contributed by atoms with Crippen LogP contribution in [-0.4, -0.2) is 22.8 Å². The Morgan fingerprint density at radius 2 is 2.00 bits per heavy atom. The highest BCUT2D eigenvalue weighted by Gasteiger charge is 2.24. The van der Waals surface area contributed by atoms with Gasteiger partial charge in [-0.05, 0) is 43.0 Å². The molecule has 1 aromatic rings. The van der Waals surface area contributed by atoms with Gasteiger partial charge in [-0.2, -0.15) is 0 Å². The summed E-state index contributed by atoms with van der Waals surface area (Å²) in [6, 6.07) is 5.78. The van der Waals surface area contributed by atoms with E-state index in [1.807, 2.05) is 0 Å². The van der Waals surface area contributed by atoms with Crippen LogP contribution in [0, 0.1) is 10.1 Å². The molecule has 0 bridgehead atoms. The van der Waals surface area contributed by atoms with Gasteiger partial charge in [0.15, 0.2) is 11.9 Å². The van der Waals surface area contributed by atoms with Crippen molar-refractivity contribution in [1.29, 1.82) is 0 Å². The molecule has 1 aliphatic rings. The van der Waals surface area contributed by atoms with Gasteiger partial charge >= 0.3 is 5.97 Å². The van der Waals surface area contributed by atoms with Crippen molar-refractivity contribution in [3.05, 3.63) is 46.0 Å². The zero-order valence-electron chi connectivity index (χ0n) is 11.4. The zero-order chi connectivity index (χ0) is 15.2. The monoisotopic (exact) mass is 289 g/mol. The number of hydrogen-bond donors (Lipinski definition) is 0. The molecule has 1 saturated carbocycles. The maximum absolute atomic E-state index is 11.6. The molecule has 1 aliphatic carbocycles. The van der Waals surface area contributed by atoms with Crippen molar-refractivity contribution < 1.29 is 19.2 Å². The van der Waals surface area contributed by atoms with Crippen molar-refractivity contribution in [2.45, 2.75) is 31.8 Å². The Labute approximate surface area is 121 Å². The van der Waals surface area contributed by atoms with E-state index in [9.17, 15) is 19.7 Å². The van der Waals surface area contributed by atoms with Crippen LogP contribution >= 0.6 is 0 Å². The maximum atomic E-state index is 11.6. The molecule has 0 spiro atoms. The van der Waals surface area contributed by atoms with Crippen molar-refractivity contribution >= 4 is 23.5 Å². The van der Waals surface area contributed by atoms with Crippen molar-refractivity contribution in [3.63, 3.8) is 0 Å². The van der Waals surface area contributed by atoms with Gasteiger partial charge in [0.2, 0.25) is 0 Å². The van der Waals surface area contributed by atoms with Crippen LogP contribution in [0.15, 0.2) is 30.3 Å². The molecule has 0 aromatic heterocycles. The first-order valence-electron chi connectivity index (χ1n) is 6.72. The highest BCUT2D eigenvalue weighted by atomic mass is 16.6. The van der Waals surface area contributed by atoms with E-state index < -0.39 is 17.0 Å². The summed E-state index contributed by atoms with van der Waals surface area (Å²) in [6.07, 6.45) is 4.87. The zero-order valence-corrected chi connectivity index (χ0v) is 11.4. The van der Waals surface area contributed by atoms with Gasteiger partial charge in [-0.3, -0.25) is 14.9 Å². The third-order valence-electron chi connectivity index (χ3n) is 3.27. The Morgan fingerprint density at radius 3 is 2.62 bits per heavy atom. The quantitative estimate of drug-likeness (QED) is 0.368. The molecular formula is C15H15NO5. The highest BCUT2D eigenvalue weighted by molar-refractivity contribution is 5.91. The number of non-ortho nitro benzene ring substituents is 1. The van der Waals surface area contributed by atoms with Gasteiger partial charge < -0.3 is 4.74 Å². The topological polar surface area (TPSA) is 86.5 Å². The number of hydrogen-bond acceptors (Lipinski definition) is 5. The normalized spacial score (nSPS) is 18.7. The van der Waals surface area contributed by atoms with E-state index in [1.54, 1.807) is 0 Å². The summed E-state index contributed by atoms with van der Waals surface area (Å²) in [5.74, 6) is -0.605. The maximum Gasteiger partial charge on any atom is 0.331 e. The highest BCUT2D eigenvalue weighted by Crippen LogP contribution is 2.18. The number of nitro groups is 1. The number of nitrogens with zero attached hydrogens (tertiary/aromatic N) is 1. The lowest BCUT2D eigenvalue weighted by Crippen LogP contribution is -2.29. The van der Waals surface area contributed by atoms with Crippen molar-refractivity contribution in [3.8, 4) is 0 Å². The van der Waals surface area contributed by atoms with Gasteiger partial charge in [-0.25, -0.2) is 4.79 Å². The lowest BCUT2D eigenvalue weighted by Gasteiger charge is -2.19. The molecule has 2 rings (SSSR count). The molecule has 0 aliphatic heterocycles. The molecule has 0 amide bonds.